The number of carbonyl (C=O) groups is 3. The molecular weight excluding hydrogens is 492 g/mol. The Hall–Kier alpha value is -2.49. The second-order valence-electron chi connectivity index (χ2n) is 11.3. The molecule has 3 rings (SSSR count). The maximum absolute atomic E-state index is 12.8. The second-order valence-corrected chi connectivity index (χ2v) is 11.3. The standard InChI is InChI=1S/C29H42O9/c1-9-15(3)22(32)14-28(8)17(5)11-24(33)29-21(26(35-18(6)30)38-27(29)36-19(7)31)12-20(13-23(28)29)37-25(34)16(4)10-2/h9,12,16-17,20,22-24,26-27,32-33H,1,3,10-11,13-14H2,2,4-8H3. The summed E-state index contributed by atoms with van der Waals surface area (Å²) in [6, 6.07) is 0. The van der Waals surface area contributed by atoms with Crippen LogP contribution < -0.4 is 0 Å². The van der Waals surface area contributed by atoms with E-state index in [2.05, 4.69) is 13.2 Å². The third kappa shape index (κ3) is 5.20. The molecule has 2 aliphatic carbocycles. The van der Waals surface area contributed by atoms with Gasteiger partial charge in [0, 0.05) is 19.4 Å². The number of ether oxygens (including phenoxy) is 4. The number of aliphatic hydroxyl groups is 2. The van der Waals surface area contributed by atoms with Gasteiger partial charge < -0.3 is 24.4 Å². The molecule has 10 unspecified atom stereocenters. The first-order valence-corrected chi connectivity index (χ1v) is 13.3. The van der Waals surface area contributed by atoms with Crippen molar-refractivity contribution < 1.29 is 43.5 Å². The van der Waals surface area contributed by atoms with E-state index < -0.39 is 59.6 Å². The molecule has 0 aromatic carbocycles. The van der Waals surface area contributed by atoms with Crippen molar-refractivity contribution in [2.45, 2.75) is 98.1 Å². The van der Waals surface area contributed by atoms with E-state index >= 15 is 0 Å². The van der Waals surface area contributed by atoms with Crippen LogP contribution in [0.15, 0.2) is 36.5 Å². The first kappa shape index (κ1) is 30.1. The summed E-state index contributed by atoms with van der Waals surface area (Å²) in [6.07, 6.45) is -0.516. The van der Waals surface area contributed by atoms with Gasteiger partial charge in [-0.2, -0.15) is 0 Å². The van der Waals surface area contributed by atoms with Crippen LogP contribution in [0.25, 0.3) is 0 Å². The molecule has 212 valence electrons. The van der Waals surface area contributed by atoms with Crippen LogP contribution in [0.1, 0.15) is 67.2 Å². The molecule has 1 heterocycles. The van der Waals surface area contributed by atoms with Crippen LogP contribution in [0.2, 0.25) is 0 Å². The number of aliphatic hydroxyl groups excluding tert-OH is 2. The number of hydrogen-bond acceptors (Lipinski definition) is 9. The summed E-state index contributed by atoms with van der Waals surface area (Å²) in [6.45, 7) is 17.8. The summed E-state index contributed by atoms with van der Waals surface area (Å²) in [5.74, 6) is -2.53. The third-order valence-corrected chi connectivity index (χ3v) is 9.00. The van der Waals surface area contributed by atoms with Crippen molar-refractivity contribution in [1.29, 1.82) is 0 Å². The van der Waals surface area contributed by atoms with Gasteiger partial charge in [-0.05, 0) is 54.6 Å². The highest BCUT2D eigenvalue weighted by molar-refractivity contribution is 5.72. The van der Waals surface area contributed by atoms with Crippen LogP contribution in [-0.2, 0) is 33.3 Å². The van der Waals surface area contributed by atoms with E-state index in [0.29, 0.717) is 24.0 Å². The molecule has 9 heteroatoms. The van der Waals surface area contributed by atoms with Crippen LogP contribution in [0, 0.1) is 28.6 Å². The summed E-state index contributed by atoms with van der Waals surface area (Å²) >= 11 is 0. The van der Waals surface area contributed by atoms with Crippen molar-refractivity contribution in [3.05, 3.63) is 36.5 Å². The zero-order valence-corrected chi connectivity index (χ0v) is 23.3. The van der Waals surface area contributed by atoms with E-state index in [1.807, 2.05) is 20.8 Å². The Morgan fingerprint density at radius 2 is 1.84 bits per heavy atom. The highest BCUT2D eigenvalue weighted by Crippen LogP contribution is 2.67. The molecule has 0 aromatic rings. The van der Waals surface area contributed by atoms with Gasteiger partial charge in [0.1, 0.15) is 6.10 Å². The lowest BCUT2D eigenvalue weighted by Crippen LogP contribution is -2.63. The molecular formula is C29H42O9. The minimum absolute atomic E-state index is 0.101. The Balaban J connectivity index is 2.22. The molecule has 1 saturated heterocycles. The van der Waals surface area contributed by atoms with Gasteiger partial charge in [-0.25, -0.2) is 0 Å². The monoisotopic (exact) mass is 534 g/mol. The molecule has 0 amide bonds. The fourth-order valence-electron chi connectivity index (χ4n) is 6.52. The maximum atomic E-state index is 12.8. The van der Waals surface area contributed by atoms with E-state index in [-0.39, 0.29) is 30.6 Å². The average molecular weight is 535 g/mol. The molecule has 9 nitrogen and oxygen atoms in total. The fourth-order valence-corrected chi connectivity index (χ4v) is 6.52. The molecule has 1 saturated carbocycles. The van der Waals surface area contributed by atoms with Gasteiger partial charge in [0.05, 0.1) is 23.5 Å². The Morgan fingerprint density at radius 1 is 1.21 bits per heavy atom. The topological polar surface area (TPSA) is 129 Å². The molecule has 1 spiro atoms. The van der Waals surface area contributed by atoms with Crippen molar-refractivity contribution in [1.82, 2.24) is 0 Å². The molecule has 10 atom stereocenters. The lowest BCUT2D eigenvalue weighted by atomic mass is 9.44. The van der Waals surface area contributed by atoms with Crippen molar-refractivity contribution in [2.75, 3.05) is 0 Å². The fraction of sp³-hybridized carbons (Fsp3) is 0.690. The number of esters is 3. The minimum Gasteiger partial charge on any atom is -0.458 e. The normalized spacial score (nSPS) is 37.5. The van der Waals surface area contributed by atoms with Gasteiger partial charge in [0.2, 0.25) is 12.6 Å². The molecule has 3 aliphatic rings. The second kappa shape index (κ2) is 11.3. The molecule has 38 heavy (non-hydrogen) atoms. The first-order chi connectivity index (χ1) is 17.7. The van der Waals surface area contributed by atoms with Crippen LogP contribution in [0.3, 0.4) is 0 Å². The minimum atomic E-state index is -1.29. The van der Waals surface area contributed by atoms with Gasteiger partial charge in [0.15, 0.2) is 0 Å². The number of hydrogen-bond donors (Lipinski definition) is 2. The maximum Gasteiger partial charge on any atom is 0.309 e. The van der Waals surface area contributed by atoms with Crippen molar-refractivity contribution in [2.24, 2.45) is 28.6 Å². The molecule has 2 N–H and O–H groups in total. The quantitative estimate of drug-likeness (QED) is 0.197. The van der Waals surface area contributed by atoms with Gasteiger partial charge in [-0.15, -0.1) is 0 Å². The Kier molecular flexibility index (Phi) is 8.95. The SMILES string of the molecule is C=CC(=C)C(O)CC1(C)C(C)CC(O)C23C(=CC(OC(=O)C(C)CC)CC12)C(OC(C)=O)OC3OC(C)=O. The van der Waals surface area contributed by atoms with Crippen LogP contribution in [-0.4, -0.2) is 59.0 Å². The highest BCUT2D eigenvalue weighted by Gasteiger charge is 2.71. The van der Waals surface area contributed by atoms with Crippen LogP contribution in [0.4, 0.5) is 0 Å². The van der Waals surface area contributed by atoms with Gasteiger partial charge >= 0.3 is 17.9 Å². The van der Waals surface area contributed by atoms with Gasteiger partial charge in [-0.1, -0.05) is 46.9 Å². The van der Waals surface area contributed by atoms with Crippen molar-refractivity contribution in [3.8, 4) is 0 Å². The van der Waals surface area contributed by atoms with Crippen LogP contribution >= 0.6 is 0 Å². The molecule has 0 radical (unpaired) electrons. The van der Waals surface area contributed by atoms with Gasteiger partial charge in [0.25, 0.3) is 0 Å². The molecule has 0 aromatic heterocycles. The van der Waals surface area contributed by atoms with Gasteiger partial charge in [-0.3, -0.25) is 19.1 Å². The molecule has 0 bridgehead atoms. The zero-order chi connectivity index (χ0) is 28.6. The van der Waals surface area contributed by atoms with Crippen molar-refractivity contribution in [3.63, 3.8) is 0 Å². The zero-order valence-electron chi connectivity index (χ0n) is 23.3. The lowest BCUT2D eigenvalue weighted by molar-refractivity contribution is -0.256. The predicted molar refractivity (Wildman–Crippen MR) is 138 cm³/mol. The summed E-state index contributed by atoms with van der Waals surface area (Å²) < 4.78 is 23.1. The van der Waals surface area contributed by atoms with E-state index in [0.717, 1.165) is 0 Å². The van der Waals surface area contributed by atoms with Crippen LogP contribution in [0.5, 0.6) is 0 Å². The summed E-state index contributed by atoms with van der Waals surface area (Å²) in [5, 5.41) is 22.8. The lowest BCUT2D eigenvalue weighted by Gasteiger charge is -2.60. The predicted octanol–water partition coefficient (Wildman–Crippen LogP) is 3.59. The molecule has 2 fully saturated rings. The Morgan fingerprint density at radius 3 is 2.39 bits per heavy atom. The van der Waals surface area contributed by atoms with E-state index in [1.54, 1.807) is 13.0 Å². The van der Waals surface area contributed by atoms with E-state index in [4.69, 9.17) is 18.9 Å². The number of carbonyl (C=O) groups excluding carboxylic acids is 3. The number of rotatable bonds is 9. The van der Waals surface area contributed by atoms with E-state index in [9.17, 15) is 24.6 Å². The van der Waals surface area contributed by atoms with Crippen molar-refractivity contribution >= 4 is 17.9 Å². The highest BCUT2D eigenvalue weighted by atomic mass is 16.8. The summed E-state index contributed by atoms with van der Waals surface area (Å²) in [7, 11) is 0. The largest absolute Gasteiger partial charge is 0.458 e. The summed E-state index contributed by atoms with van der Waals surface area (Å²) in [4.78, 5) is 37.0. The summed E-state index contributed by atoms with van der Waals surface area (Å²) in [5.41, 5.74) is -1.10. The third-order valence-electron chi connectivity index (χ3n) is 9.00. The smallest absolute Gasteiger partial charge is 0.309 e. The van der Waals surface area contributed by atoms with E-state index in [1.165, 1.54) is 19.9 Å². The first-order valence-electron chi connectivity index (χ1n) is 13.3. The average Bonchev–Trinajstić information content (AvgIpc) is 3.13. The Labute approximate surface area is 224 Å². The molecule has 1 aliphatic heterocycles. The Bertz CT molecular complexity index is 1000.